The molecule has 5 nitrogen and oxygen atoms in total. The molecule has 1 aliphatic rings. The van der Waals surface area contributed by atoms with E-state index in [1.54, 1.807) is 0 Å². The van der Waals surface area contributed by atoms with Crippen LogP contribution in [0.5, 0.6) is 0 Å². The van der Waals surface area contributed by atoms with Gasteiger partial charge in [-0.05, 0) is 26.3 Å². The van der Waals surface area contributed by atoms with Gasteiger partial charge in [-0.25, -0.2) is 4.98 Å². The highest BCUT2D eigenvalue weighted by Crippen LogP contribution is 2.26. The summed E-state index contributed by atoms with van der Waals surface area (Å²) in [6, 6.07) is 10.4. The van der Waals surface area contributed by atoms with E-state index < -0.39 is 5.41 Å². The van der Waals surface area contributed by atoms with Gasteiger partial charge in [0.25, 0.3) is 0 Å². The van der Waals surface area contributed by atoms with E-state index in [4.69, 9.17) is 16.6 Å². The maximum absolute atomic E-state index is 12.7. The zero-order valence-corrected chi connectivity index (χ0v) is 17.1. The molecule has 7 heteroatoms. The maximum Gasteiger partial charge on any atom is 0.229 e. The fourth-order valence-corrected chi connectivity index (χ4v) is 3.94. The summed E-state index contributed by atoms with van der Waals surface area (Å²) < 4.78 is 4.51. The van der Waals surface area contributed by atoms with Crippen molar-refractivity contribution in [2.45, 2.75) is 33.2 Å². The van der Waals surface area contributed by atoms with E-state index in [2.05, 4.69) is 28.3 Å². The van der Waals surface area contributed by atoms with Gasteiger partial charge in [0.2, 0.25) is 11.0 Å². The van der Waals surface area contributed by atoms with E-state index in [1.165, 1.54) is 17.1 Å². The average Bonchev–Trinajstić information content (AvgIpc) is 3.10. The van der Waals surface area contributed by atoms with Crippen molar-refractivity contribution in [3.05, 3.63) is 41.7 Å². The van der Waals surface area contributed by atoms with Crippen LogP contribution in [0.1, 0.15) is 32.2 Å². The van der Waals surface area contributed by atoms with Crippen molar-refractivity contribution in [1.29, 1.82) is 0 Å². The summed E-state index contributed by atoms with van der Waals surface area (Å²) in [5, 5.41) is 0.937. The average molecular weight is 393 g/mol. The Bertz CT molecular complexity index is 749. The number of rotatable bonds is 5. The summed E-state index contributed by atoms with van der Waals surface area (Å²) >= 11 is 7.41. The van der Waals surface area contributed by atoms with Crippen molar-refractivity contribution in [2.75, 3.05) is 30.4 Å². The van der Waals surface area contributed by atoms with E-state index in [-0.39, 0.29) is 11.9 Å². The van der Waals surface area contributed by atoms with Crippen LogP contribution in [0.4, 0.5) is 5.13 Å². The van der Waals surface area contributed by atoms with Crippen molar-refractivity contribution in [1.82, 2.24) is 14.3 Å². The van der Waals surface area contributed by atoms with Crippen molar-refractivity contribution in [3.63, 3.8) is 0 Å². The van der Waals surface area contributed by atoms with Crippen molar-refractivity contribution < 1.29 is 4.79 Å². The Morgan fingerprint density at radius 1 is 1.31 bits per heavy atom. The van der Waals surface area contributed by atoms with Crippen molar-refractivity contribution >= 4 is 34.2 Å². The van der Waals surface area contributed by atoms with Crippen molar-refractivity contribution in [3.8, 4) is 0 Å². The van der Waals surface area contributed by atoms with E-state index >= 15 is 0 Å². The number of anilines is 1. The van der Waals surface area contributed by atoms with E-state index in [1.807, 2.05) is 36.9 Å². The minimum absolute atomic E-state index is 0.125. The largest absolute Gasteiger partial charge is 0.343 e. The highest BCUT2D eigenvalue weighted by atomic mass is 35.5. The molecule has 0 aliphatic carbocycles. The number of piperazine rings is 1. The molecular weight excluding hydrogens is 368 g/mol. The summed E-state index contributed by atoms with van der Waals surface area (Å²) in [5.41, 5.74) is 0.688. The second-order valence-electron chi connectivity index (χ2n) is 7.47. The van der Waals surface area contributed by atoms with Crippen molar-refractivity contribution in [2.24, 2.45) is 5.41 Å². The molecule has 0 saturated carbocycles. The predicted octanol–water partition coefficient (Wildman–Crippen LogP) is 3.43. The summed E-state index contributed by atoms with van der Waals surface area (Å²) in [6.45, 7) is 8.12. The van der Waals surface area contributed by atoms with E-state index in [9.17, 15) is 4.79 Å². The van der Waals surface area contributed by atoms with Gasteiger partial charge in [-0.15, -0.1) is 11.6 Å². The summed E-state index contributed by atoms with van der Waals surface area (Å²) in [6.07, 6.45) is 0.745. The van der Waals surface area contributed by atoms with Gasteiger partial charge in [0.1, 0.15) is 5.82 Å². The molecule has 140 valence electrons. The van der Waals surface area contributed by atoms with Gasteiger partial charge in [-0.1, -0.05) is 30.3 Å². The molecule has 0 bridgehead atoms. The second kappa shape index (κ2) is 7.92. The Labute approximate surface area is 164 Å². The zero-order chi connectivity index (χ0) is 18.7. The molecule has 1 atom stereocenters. The van der Waals surface area contributed by atoms with Crippen LogP contribution in [0.15, 0.2) is 30.3 Å². The number of amides is 1. The Hall–Kier alpha value is -1.66. The number of benzene rings is 1. The van der Waals surface area contributed by atoms with Gasteiger partial charge in [0.15, 0.2) is 0 Å². The second-order valence-corrected chi connectivity index (χ2v) is 8.46. The van der Waals surface area contributed by atoms with Gasteiger partial charge in [0, 0.05) is 49.5 Å². The Morgan fingerprint density at radius 2 is 2.04 bits per heavy atom. The van der Waals surface area contributed by atoms with E-state index in [0.717, 1.165) is 30.5 Å². The Kier molecular flexibility index (Phi) is 5.82. The quantitative estimate of drug-likeness (QED) is 0.731. The van der Waals surface area contributed by atoms with Gasteiger partial charge in [0.05, 0.1) is 5.41 Å². The number of carbonyl (C=O) groups is 1. The van der Waals surface area contributed by atoms with Crippen LogP contribution in [0.2, 0.25) is 0 Å². The third-order valence-electron chi connectivity index (χ3n) is 4.73. The van der Waals surface area contributed by atoms with Crippen LogP contribution in [-0.2, 0) is 11.2 Å². The van der Waals surface area contributed by atoms with Crippen LogP contribution < -0.4 is 4.90 Å². The van der Waals surface area contributed by atoms with Crippen LogP contribution in [0, 0.1) is 5.41 Å². The maximum atomic E-state index is 12.7. The third-order valence-corrected chi connectivity index (χ3v) is 6.22. The number of hydrogen-bond donors (Lipinski definition) is 0. The standard InChI is InChI=1S/C19H25ClN4OS/c1-14-12-23(9-10-24(14)17(25)19(2,3)13-20)18-21-16(22-26-18)11-15-7-5-4-6-8-15/h4-8,14H,9-13H2,1-3H3/t14-/m0/s1. The lowest BCUT2D eigenvalue weighted by Crippen LogP contribution is -2.57. The van der Waals surface area contributed by atoms with Gasteiger partial charge < -0.3 is 9.80 Å². The molecule has 1 fully saturated rings. The fraction of sp³-hybridized carbons (Fsp3) is 0.526. The number of alkyl halides is 1. The topological polar surface area (TPSA) is 49.3 Å². The number of halogens is 1. The molecule has 0 radical (unpaired) electrons. The molecular formula is C19H25ClN4OS. The Balaban J connectivity index is 1.63. The minimum Gasteiger partial charge on any atom is -0.343 e. The molecule has 26 heavy (non-hydrogen) atoms. The summed E-state index contributed by atoms with van der Waals surface area (Å²) in [7, 11) is 0. The molecule has 0 unspecified atom stereocenters. The number of aromatic nitrogens is 2. The minimum atomic E-state index is -0.524. The Morgan fingerprint density at radius 3 is 2.69 bits per heavy atom. The third kappa shape index (κ3) is 4.18. The molecule has 0 spiro atoms. The SMILES string of the molecule is C[C@H]1CN(c2nc(Cc3ccccc3)ns2)CCN1C(=O)C(C)(C)CCl. The highest BCUT2D eigenvalue weighted by Gasteiger charge is 2.36. The highest BCUT2D eigenvalue weighted by molar-refractivity contribution is 7.09. The monoisotopic (exact) mass is 392 g/mol. The molecule has 2 aromatic rings. The molecule has 1 aliphatic heterocycles. The van der Waals surface area contributed by atoms with Gasteiger partial charge in [-0.2, -0.15) is 4.37 Å². The lowest BCUT2D eigenvalue weighted by atomic mass is 9.93. The van der Waals surface area contributed by atoms with Gasteiger partial charge in [-0.3, -0.25) is 4.79 Å². The molecule has 1 aromatic heterocycles. The zero-order valence-electron chi connectivity index (χ0n) is 15.5. The first-order valence-corrected chi connectivity index (χ1v) is 10.2. The first kappa shape index (κ1) is 19.1. The lowest BCUT2D eigenvalue weighted by Gasteiger charge is -2.42. The molecule has 3 rings (SSSR count). The number of carbonyl (C=O) groups excluding carboxylic acids is 1. The molecule has 0 N–H and O–H groups in total. The van der Waals surface area contributed by atoms with Gasteiger partial charge >= 0.3 is 0 Å². The first-order chi connectivity index (χ1) is 12.4. The van der Waals surface area contributed by atoms with Crippen LogP contribution in [0.3, 0.4) is 0 Å². The fourth-order valence-electron chi connectivity index (χ4n) is 3.10. The molecule has 1 saturated heterocycles. The number of hydrogen-bond acceptors (Lipinski definition) is 5. The molecule has 1 amide bonds. The number of nitrogens with zero attached hydrogens (tertiary/aromatic N) is 4. The summed E-state index contributed by atoms with van der Waals surface area (Å²) in [4.78, 5) is 21.6. The van der Waals surface area contributed by atoms with Crippen LogP contribution in [0.25, 0.3) is 0 Å². The van der Waals surface area contributed by atoms with E-state index in [0.29, 0.717) is 12.4 Å². The normalized spacial score (nSPS) is 18.2. The first-order valence-electron chi connectivity index (χ1n) is 8.89. The summed E-state index contributed by atoms with van der Waals surface area (Å²) in [5.74, 6) is 1.31. The lowest BCUT2D eigenvalue weighted by molar-refractivity contribution is -0.141. The van der Waals surface area contributed by atoms with Crippen LogP contribution >= 0.6 is 23.1 Å². The van der Waals surface area contributed by atoms with Crippen LogP contribution in [-0.4, -0.2) is 51.7 Å². The smallest absolute Gasteiger partial charge is 0.229 e. The molecule has 2 heterocycles. The molecule has 1 aromatic carbocycles. The predicted molar refractivity (Wildman–Crippen MR) is 107 cm³/mol.